The van der Waals surface area contributed by atoms with Gasteiger partial charge in [-0.15, -0.1) is 11.8 Å². The molecular weight excluding hydrogens is 393 g/mol. The number of ketones is 1. The summed E-state index contributed by atoms with van der Waals surface area (Å²) in [6.45, 7) is 2.31. The molecule has 3 rings (SSSR count). The maximum atomic E-state index is 12.9. The number of thioether (sulfide) groups is 1. The van der Waals surface area contributed by atoms with Crippen molar-refractivity contribution in [1.29, 1.82) is 0 Å². The number of para-hydroxylation sites is 1. The fraction of sp³-hybridized carbons (Fsp3) is 0.318. The molecule has 0 saturated carbocycles. The summed E-state index contributed by atoms with van der Waals surface area (Å²) in [5, 5.41) is 0.383. The van der Waals surface area contributed by atoms with E-state index in [9.17, 15) is 18.8 Å². The zero-order chi connectivity index (χ0) is 20.8. The number of carbonyl (C=O) groups excluding carboxylic acids is 3. The number of ether oxygens (including phenoxy) is 1. The predicted octanol–water partition coefficient (Wildman–Crippen LogP) is 4.25. The second kappa shape index (κ2) is 9.69. The molecule has 29 heavy (non-hydrogen) atoms. The van der Waals surface area contributed by atoms with E-state index in [1.165, 1.54) is 24.3 Å². The molecule has 0 fully saturated rings. The summed E-state index contributed by atoms with van der Waals surface area (Å²) in [4.78, 5) is 39.4. The molecule has 0 saturated heterocycles. The predicted molar refractivity (Wildman–Crippen MR) is 110 cm³/mol. The van der Waals surface area contributed by atoms with Crippen molar-refractivity contribution in [1.82, 2.24) is 0 Å². The Hall–Kier alpha value is -2.67. The summed E-state index contributed by atoms with van der Waals surface area (Å²) in [6.07, 6.45) is 0.650. The highest BCUT2D eigenvalue weighted by atomic mass is 32.2. The van der Waals surface area contributed by atoms with E-state index in [1.807, 2.05) is 24.3 Å². The van der Waals surface area contributed by atoms with Gasteiger partial charge < -0.3 is 9.64 Å². The second-order valence-electron chi connectivity index (χ2n) is 6.82. The Kier molecular flexibility index (Phi) is 7.04. The molecule has 1 aliphatic rings. The van der Waals surface area contributed by atoms with Crippen LogP contribution in [0, 0.1) is 5.82 Å². The van der Waals surface area contributed by atoms with Gasteiger partial charge in [-0.25, -0.2) is 4.39 Å². The molecule has 1 atom stereocenters. The zero-order valence-corrected chi connectivity index (χ0v) is 16.9. The maximum Gasteiger partial charge on any atom is 0.306 e. The Labute approximate surface area is 173 Å². The Morgan fingerprint density at radius 3 is 2.59 bits per heavy atom. The first-order valence-corrected chi connectivity index (χ1v) is 10.3. The molecule has 152 valence electrons. The average Bonchev–Trinajstić information content (AvgIpc) is 2.89. The number of carbonyl (C=O) groups is 3. The quantitative estimate of drug-likeness (QED) is 0.521. The fourth-order valence-electron chi connectivity index (χ4n) is 3.03. The SMILES string of the molecule is C[C@H]1CCN(C(=O)COC(=O)CCC(=O)c2ccc(F)cc2)c2ccccc2S1. The number of nitrogens with zero attached hydrogens (tertiary/aromatic N) is 1. The van der Waals surface area contributed by atoms with Crippen LogP contribution >= 0.6 is 11.8 Å². The number of amides is 1. The van der Waals surface area contributed by atoms with Gasteiger partial charge in [0.15, 0.2) is 12.4 Å². The minimum Gasteiger partial charge on any atom is -0.456 e. The summed E-state index contributed by atoms with van der Waals surface area (Å²) >= 11 is 1.73. The summed E-state index contributed by atoms with van der Waals surface area (Å²) in [7, 11) is 0. The first-order chi connectivity index (χ1) is 13.9. The molecule has 0 radical (unpaired) electrons. The highest BCUT2D eigenvalue weighted by Crippen LogP contribution is 2.37. The van der Waals surface area contributed by atoms with Crippen LogP contribution in [0.4, 0.5) is 10.1 Å². The Morgan fingerprint density at radius 2 is 1.83 bits per heavy atom. The van der Waals surface area contributed by atoms with Crippen molar-refractivity contribution in [3.05, 3.63) is 59.9 Å². The number of halogens is 1. The number of hydrogen-bond acceptors (Lipinski definition) is 5. The molecule has 0 bridgehead atoms. The van der Waals surface area contributed by atoms with Crippen LogP contribution in [0.3, 0.4) is 0 Å². The minimum absolute atomic E-state index is 0.0562. The topological polar surface area (TPSA) is 63.7 Å². The lowest BCUT2D eigenvalue weighted by molar-refractivity contribution is -0.147. The van der Waals surface area contributed by atoms with Gasteiger partial charge >= 0.3 is 5.97 Å². The van der Waals surface area contributed by atoms with Crippen LogP contribution < -0.4 is 4.90 Å². The van der Waals surface area contributed by atoms with Crippen molar-refractivity contribution in [2.75, 3.05) is 18.1 Å². The van der Waals surface area contributed by atoms with Gasteiger partial charge in [0.05, 0.1) is 12.1 Å². The van der Waals surface area contributed by atoms with Crippen LogP contribution in [0.1, 0.15) is 36.5 Å². The van der Waals surface area contributed by atoms with Crippen molar-refractivity contribution in [2.24, 2.45) is 0 Å². The van der Waals surface area contributed by atoms with Gasteiger partial charge in [-0.3, -0.25) is 14.4 Å². The smallest absolute Gasteiger partial charge is 0.306 e. The van der Waals surface area contributed by atoms with Gasteiger partial charge in [-0.1, -0.05) is 19.1 Å². The lowest BCUT2D eigenvalue weighted by Crippen LogP contribution is -2.35. The Balaban J connectivity index is 1.52. The monoisotopic (exact) mass is 415 g/mol. The number of benzene rings is 2. The Morgan fingerprint density at radius 1 is 1.10 bits per heavy atom. The van der Waals surface area contributed by atoms with E-state index in [2.05, 4.69) is 6.92 Å². The first kappa shape index (κ1) is 21.0. The summed E-state index contributed by atoms with van der Waals surface area (Å²) < 4.78 is 18.0. The fourth-order valence-corrected chi connectivity index (χ4v) is 4.15. The molecule has 0 N–H and O–H groups in total. The molecule has 0 spiro atoms. The van der Waals surface area contributed by atoms with E-state index in [-0.39, 0.29) is 31.1 Å². The van der Waals surface area contributed by atoms with E-state index in [0.717, 1.165) is 17.0 Å². The van der Waals surface area contributed by atoms with Crippen LogP contribution in [0.5, 0.6) is 0 Å². The van der Waals surface area contributed by atoms with E-state index in [0.29, 0.717) is 17.4 Å². The largest absolute Gasteiger partial charge is 0.456 e. The maximum absolute atomic E-state index is 12.9. The van der Waals surface area contributed by atoms with Gasteiger partial charge in [0, 0.05) is 28.7 Å². The number of rotatable bonds is 6. The molecule has 1 amide bonds. The molecule has 1 aliphatic heterocycles. The third-order valence-electron chi connectivity index (χ3n) is 4.62. The molecule has 5 nitrogen and oxygen atoms in total. The Bertz CT molecular complexity index is 900. The van der Waals surface area contributed by atoms with Crippen molar-refractivity contribution in [3.8, 4) is 0 Å². The molecule has 2 aromatic rings. The van der Waals surface area contributed by atoms with E-state index < -0.39 is 11.8 Å². The molecule has 7 heteroatoms. The molecule has 2 aromatic carbocycles. The van der Waals surface area contributed by atoms with Crippen molar-refractivity contribution in [2.45, 2.75) is 36.3 Å². The van der Waals surface area contributed by atoms with Gasteiger partial charge in [0.25, 0.3) is 5.91 Å². The first-order valence-electron chi connectivity index (χ1n) is 9.44. The van der Waals surface area contributed by atoms with Gasteiger partial charge in [0.2, 0.25) is 0 Å². The standard InChI is InChI=1S/C22H22FNO4S/c1-15-12-13-24(18-4-2-3-5-20(18)29-15)21(26)14-28-22(27)11-10-19(25)16-6-8-17(23)9-7-16/h2-9,15H,10-14H2,1H3/t15-/m0/s1. The van der Waals surface area contributed by atoms with Crippen LogP contribution in [0.2, 0.25) is 0 Å². The number of anilines is 1. The van der Waals surface area contributed by atoms with Gasteiger partial charge in [-0.05, 0) is 42.8 Å². The van der Waals surface area contributed by atoms with Crippen LogP contribution in [0.25, 0.3) is 0 Å². The molecule has 0 unspecified atom stereocenters. The normalized spacial score (nSPS) is 15.9. The summed E-state index contributed by atoms with van der Waals surface area (Å²) in [5.74, 6) is -1.60. The van der Waals surface area contributed by atoms with Gasteiger partial charge in [-0.2, -0.15) is 0 Å². The number of Topliss-reactive ketones (excluding diaryl/α,β-unsaturated/α-hetero) is 1. The van der Waals surface area contributed by atoms with Crippen LogP contribution in [-0.4, -0.2) is 36.1 Å². The number of fused-ring (bicyclic) bond motifs is 1. The van der Waals surface area contributed by atoms with Crippen molar-refractivity contribution >= 4 is 35.1 Å². The summed E-state index contributed by atoms with van der Waals surface area (Å²) in [5.41, 5.74) is 1.16. The molecule has 1 heterocycles. The zero-order valence-electron chi connectivity index (χ0n) is 16.1. The van der Waals surface area contributed by atoms with E-state index in [4.69, 9.17) is 4.74 Å². The third-order valence-corrected chi connectivity index (χ3v) is 5.86. The van der Waals surface area contributed by atoms with Crippen LogP contribution in [0.15, 0.2) is 53.4 Å². The molecular formula is C22H22FNO4S. The van der Waals surface area contributed by atoms with E-state index >= 15 is 0 Å². The van der Waals surface area contributed by atoms with Crippen molar-refractivity contribution in [3.63, 3.8) is 0 Å². The number of esters is 1. The highest BCUT2D eigenvalue weighted by molar-refractivity contribution is 8.00. The highest BCUT2D eigenvalue weighted by Gasteiger charge is 2.24. The third kappa shape index (κ3) is 5.67. The molecule has 0 aliphatic carbocycles. The summed E-state index contributed by atoms with van der Waals surface area (Å²) in [6, 6.07) is 12.8. The lowest BCUT2D eigenvalue weighted by Gasteiger charge is -2.22. The average molecular weight is 415 g/mol. The molecule has 0 aromatic heterocycles. The minimum atomic E-state index is -0.611. The lowest BCUT2D eigenvalue weighted by atomic mass is 10.1. The second-order valence-corrected chi connectivity index (χ2v) is 8.30. The number of hydrogen-bond donors (Lipinski definition) is 0. The van der Waals surface area contributed by atoms with E-state index in [1.54, 1.807) is 16.7 Å². The van der Waals surface area contributed by atoms with Gasteiger partial charge in [0.1, 0.15) is 5.82 Å². The van der Waals surface area contributed by atoms with Crippen LogP contribution in [-0.2, 0) is 14.3 Å². The van der Waals surface area contributed by atoms with Crippen molar-refractivity contribution < 1.29 is 23.5 Å².